The number of aromatic hydroxyl groups is 1. The molecule has 5 nitrogen and oxygen atoms in total. The second-order valence-corrected chi connectivity index (χ2v) is 7.37. The van der Waals surface area contributed by atoms with Gasteiger partial charge in [0, 0.05) is 6.07 Å². The molecule has 0 heterocycles. The zero-order chi connectivity index (χ0) is 18.3. The Hall–Kier alpha value is -2.05. The highest BCUT2D eigenvalue weighted by Gasteiger charge is 2.16. The number of ether oxygens (including phenoxy) is 1. The first-order valence-corrected chi connectivity index (χ1v) is 9.92. The first-order valence-electron chi connectivity index (χ1n) is 8.48. The fourth-order valence-corrected chi connectivity index (χ4v) is 3.20. The molecule has 0 fully saturated rings. The lowest BCUT2D eigenvalue weighted by Crippen LogP contribution is -1.99. The minimum absolute atomic E-state index is 0.309. The predicted molar refractivity (Wildman–Crippen MR) is 96.9 cm³/mol. The number of phenolic OH excluding ortho intramolecular Hbond substituents is 1. The van der Waals surface area contributed by atoms with Gasteiger partial charge in [-0.3, -0.25) is 4.55 Å². The molecule has 0 saturated heterocycles. The van der Waals surface area contributed by atoms with E-state index < -0.39 is 20.8 Å². The van der Waals surface area contributed by atoms with Crippen LogP contribution in [-0.4, -0.2) is 18.1 Å². The molecule has 0 atom stereocenters. The molecule has 25 heavy (non-hydrogen) atoms. The first-order chi connectivity index (χ1) is 11.9. The van der Waals surface area contributed by atoms with Gasteiger partial charge in [0.1, 0.15) is 22.1 Å². The van der Waals surface area contributed by atoms with E-state index in [4.69, 9.17) is 9.29 Å². The summed E-state index contributed by atoms with van der Waals surface area (Å²) in [6, 6.07) is 11.4. The van der Waals surface area contributed by atoms with Crippen LogP contribution in [0.25, 0.3) is 0 Å². The molecule has 2 aromatic rings. The Balaban J connectivity index is 2.09. The predicted octanol–water partition coefficient (Wildman–Crippen LogP) is 4.94. The highest BCUT2D eigenvalue weighted by atomic mass is 32.2. The highest BCUT2D eigenvalue weighted by Crippen LogP contribution is 2.32. The minimum atomic E-state index is -4.46. The summed E-state index contributed by atoms with van der Waals surface area (Å²) in [4.78, 5) is -0.538. The van der Waals surface area contributed by atoms with Gasteiger partial charge in [-0.15, -0.1) is 0 Å². The van der Waals surface area contributed by atoms with Gasteiger partial charge in [-0.05, 0) is 36.6 Å². The Morgan fingerprint density at radius 3 is 2.40 bits per heavy atom. The molecule has 0 aliphatic rings. The zero-order valence-electron chi connectivity index (χ0n) is 14.3. The van der Waals surface area contributed by atoms with Crippen LogP contribution in [0.5, 0.6) is 17.2 Å². The maximum absolute atomic E-state index is 11.1. The van der Waals surface area contributed by atoms with Crippen molar-refractivity contribution in [2.75, 3.05) is 0 Å². The lowest BCUT2D eigenvalue weighted by Gasteiger charge is -2.12. The zero-order valence-corrected chi connectivity index (χ0v) is 15.1. The molecule has 0 aromatic heterocycles. The molecule has 2 rings (SSSR count). The van der Waals surface area contributed by atoms with Gasteiger partial charge in [-0.1, -0.05) is 50.8 Å². The van der Waals surface area contributed by atoms with Crippen LogP contribution < -0.4 is 4.74 Å². The second kappa shape index (κ2) is 8.87. The number of benzene rings is 2. The molecule has 136 valence electrons. The smallest absolute Gasteiger partial charge is 0.298 e. The Labute approximate surface area is 149 Å². The average molecular weight is 364 g/mol. The molecule has 0 aliphatic carbocycles. The van der Waals surface area contributed by atoms with E-state index in [-0.39, 0.29) is 0 Å². The normalized spacial score (nSPS) is 11.4. The maximum atomic E-state index is 11.1. The fourth-order valence-electron chi connectivity index (χ4n) is 2.63. The van der Waals surface area contributed by atoms with Crippen molar-refractivity contribution < 1.29 is 22.8 Å². The van der Waals surface area contributed by atoms with E-state index in [0.29, 0.717) is 11.5 Å². The van der Waals surface area contributed by atoms with Crippen molar-refractivity contribution in [2.24, 2.45) is 0 Å². The summed E-state index contributed by atoms with van der Waals surface area (Å²) in [5.41, 5.74) is 1.07. The summed E-state index contributed by atoms with van der Waals surface area (Å²) >= 11 is 0. The van der Waals surface area contributed by atoms with Crippen LogP contribution in [0.15, 0.2) is 47.4 Å². The van der Waals surface area contributed by atoms with Crippen LogP contribution in [0.3, 0.4) is 0 Å². The van der Waals surface area contributed by atoms with E-state index >= 15 is 0 Å². The summed E-state index contributed by atoms with van der Waals surface area (Å²) in [7, 11) is -4.46. The SMILES string of the molecule is CCCCCCCc1ccccc1Oc1ccc(S(=O)(=O)O)c(O)c1. The molecular formula is C19H24O5S. The van der Waals surface area contributed by atoms with Crippen molar-refractivity contribution in [1.82, 2.24) is 0 Å². The van der Waals surface area contributed by atoms with Gasteiger partial charge in [0.2, 0.25) is 0 Å². The number of unbranched alkanes of at least 4 members (excludes halogenated alkanes) is 4. The Morgan fingerprint density at radius 2 is 1.72 bits per heavy atom. The Morgan fingerprint density at radius 1 is 1.00 bits per heavy atom. The van der Waals surface area contributed by atoms with Gasteiger partial charge in [0.15, 0.2) is 0 Å². The van der Waals surface area contributed by atoms with Crippen LogP contribution in [0.4, 0.5) is 0 Å². The van der Waals surface area contributed by atoms with Gasteiger partial charge >= 0.3 is 0 Å². The fraction of sp³-hybridized carbons (Fsp3) is 0.368. The molecule has 0 amide bonds. The number of para-hydroxylation sites is 1. The topological polar surface area (TPSA) is 83.8 Å². The second-order valence-electron chi connectivity index (χ2n) is 5.98. The number of rotatable bonds is 9. The molecule has 0 radical (unpaired) electrons. The van der Waals surface area contributed by atoms with Gasteiger partial charge in [0.25, 0.3) is 10.1 Å². The largest absolute Gasteiger partial charge is 0.506 e. The highest BCUT2D eigenvalue weighted by molar-refractivity contribution is 7.86. The van der Waals surface area contributed by atoms with E-state index in [2.05, 4.69) is 6.92 Å². The summed E-state index contributed by atoms with van der Waals surface area (Å²) in [6.45, 7) is 2.19. The molecule has 0 aliphatic heterocycles. The number of hydrogen-bond donors (Lipinski definition) is 2. The summed E-state index contributed by atoms with van der Waals surface area (Å²) in [5, 5.41) is 9.78. The van der Waals surface area contributed by atoms with Crippen LogP contribution in [-0.2, 0) is 16.5 Å². The van der Waals surface area contributed by atoms with Crippen LogP contribution >= 0.6 is 0 Å². The van der Waals surface area contributed by atoms with E-state index in [1.165, 1.54) is 37.8 Å². The quantitative estimate of drug-likeness (QED) is 0.486. The van der Waals surface area contributed by atoms with Crippen LogP contribution in [0.1, 0.15) is 44.6 Å². The van der Waals surface area contributed by atoms with Crippen molar-refractivity contribution in [2.45, 2.75) is 50.3 Å². The van der Waals surface area contributed by atoms with Crippen molar-refractivity contribution in [3.05, 3.63) is 48.0 Å². The molecule has 6 heteroatoms. The molecule has 0 saturated carbocycles. The van der Waals surface area contributed by atoms with Crippen LogP contribution in [0.2, 0.25) is 0 Å². The number of aryl methyl sites for hydroxylation is 1. The van der Waals surface area contributed by atoms with E-state index in [9.17, 15) is 13.5 Å². The number of hydrogen-bond acceptors (Lipinski definition) is 4. The average Bonchev–Trinajstić information content (AvgIpc) is 2.55. The summed E-state index contributed by atoms with van der Waals surface area (Å²) < 4.78 is 37.1. The third-order valence-electron chi connectivity index (χ3n) is 3.96. The van der Waals surface area contributed by atoms with Crippen molar-refractivity contribution in [3.63, 3.8) is 0 Å². The molecule has 2 N–H and O–H groups in total. The van der Waals surface area contributed by atoms with Crippen molar-refractivity contribution >= 4 is 10.1 Å². The number of phenols is 1. The maximum Gasteiger partial charge on any atom is 0.298 e. The standard InChI is InChI=1S/C19H24O5S/c1-2-3-4-5-6-9-15-10-7-8-11-18(15)24-16-12-13-19(17(20)14-16)25(21,22)23/h7-8,10-14,20H,2-6,9H2,1H3,(H,21,22,23). The van der Waals surface area contributed by atoms with Crippen molar-refractivity contribution in [1.29, 1.82) is 0 Å². The van der Waals surface area contributed by atoms with Gasteiger partial charge in [0.05, 0.1) is 0 Å². The van der Waals surface area contributed by atoms with Gasteiger partial charge in [-0.2, -0.15) is 8.42 Å². The molecule has 0 bridgehead atoms. The lowest BCUT2D eigenvalue weighted by molar-refractivity contribution is 0.432. The molecular weight excluding hydrogens is 340 g/mol. The molecule has 0 spiro atoms. The Kier molecular flexibility index (Phi) is 6.84. The van der Waals surface area contributed by atoms with Crippen molar-refractivity contribution in [3.8, 4) is 17.2 Å². The summed E-state index contributed by atoms with van der Waals surface area (Å²) in [5.74, 6) is 0.442. The first kappa shape index (κ1) is 19.3. The Bertz CT molecular complexity index is 799. The summed E-state index contributed by atoms with van der Waals surface area (Å²) in [6.07, 6.45) is 6.83. The lowest BCUT2D eigenvalue weighted by atomic mass is 10.0. The molecule has 2 aromatic carbocycles. The van der Waals surface area contributed by atoms with Crippen LogP contribution in [0, 0.1) is 0 Å². The third-order valence-corrected chi connectivity index (χ3v) is 4.86. The molecule has 0 unspecified atom stereocenters. The van der Waals surface area contributed by atoms with E-state index in [0.717, 1.165) is 24.5 Å². The van der Waals surface area contributed by atoms with E-state index in [1.54, 1.807) is 0 Å². The minimum Gasteiger partial charge on any atom is -0.506 e. The van der Waals surface area contributed by atoms with E-state index in [1.807, 2.05) is 24.3 Å². The van der Waals surface area contributed by atoms with Gasteiger partial charge < -0.3 is 9.84 Å². The monoisotopic (exact) mass is 364 g/mol. The van der Waals surface area contributed by atoms with Gasteiger partial charge in [-0.25, -0.2) is 0 Å². The third kappa shape index (κ3) is 5.76.